The number of nitrogens with zero attached hydrogens (tertiary/aromatic N) is 2. The highest BCUT2D eigenvalue weighted by Crippen LogP contribution is 2.32. The van der Waals surface area contributed by atoms with Gasteiger partial charge in [0, 0.05) is 11.1 Å². The molecule has 0 saturated carbocycles. The van der Waals surface area contributed by atoms with Gasteiger partial charge in [0.2, 0.25) is 0 Å². The first-order valence-electron chi connectivity index (χ1n) is 8.92. The van der Waals surface area contributed by atoms with Crippen molar-refractivity contribution < 1.29 is 0 Å². The van der Waals surface area contributed by atoms with E-state index in [1.165, 1.54) is 22.3 Å². The van der Waals surface area contributed by atoms with E-state index < -0.39 is 0 Å². The molecule has 0 unspecified atom stereocenters. The first-order chi connectivity index (χ1) is 12.6. The third-order valence-electron chi connectivity index (χ3n) is 4.76. The van der Waals surface area contributed by atoms with Crippen molar-refractivity contribution in [2.24, 2.45) is 0 Å². The Morgan fingerprint density at radius 3 is 2.08 bits per heavy atom. The maximum atomic E-state index is 4.97. The molecule has 0 aliphatic rings. The van der Waals surface area contributed by atoms with Crippen LogP contribution in [-0.4, -0.2) is 9.78 Å². The zero-order valence-electron chi connectivity index (χ0n) is 15.4. The van der Waals surface area contributed by atoms with Crippen LogP contribution in [0.1, 0.15) is 16.7 Å². The molecule has 0 spiro atoms. The van der Waals surface area contributed by atoms with Gasteiger partial charge in [-0.3, -0.25) is 0 Å². The van der Waals surface area contributed by atoms with Gasteiger partial charge >= 0.3 is 0 Å². The maximum Gasteiger partial charge on any atom is 0.0934 e. The van der Waals surface area contributed by atoms with Crippen molar-refractivity contribution in [3.05, 3.63) is 95.6 Å². The zero-order valence-corrected chi connectivity index (χ0v) is 15.4. The van der Waals surface area contributed by atoms with Gasteiger partial charge in [0.15, 0.2) is 0 Å². The lowest BCUT2D eigenvalue weighted by Gasteiger charge is -2.12. The Balaban J connectivity index is 1.99. The van der Waals surface area contributed by atoms with E-state index in [0.717, 1.165) is 22.6 Å². The fraction of sp³-hybridized carbons (Fsp3) is 0.125. The van der Waals surface area contributed by atoms with Crippen molar-refractivity contribution in [3.8, 4) is 28.2 Å². The van der Waals surface area contributed by atoms with Gasteiger partial charge in [0.25, 0.3) is 0 Å². The van der Waals surface area contributed by atoms with Crippen LogP contribution in [0.4, 0.5) is 0 Å². The molecule has 4 rings (SSSR count). The van der Waals surface area contributed by atoms with E-state index in [-0.39, 0.29) is 0 Å². The molecule has 26 heavy (non-hydrogen) atoms. The molecule has 3 aromatic carbocycles. The number of rotatable bonds is 3. The van der Waals surface area contributed by atoms with Crippen LogP contribution >= 0.6 is 0 Å². The molecule has 0 saturated heterocycles. The molecule has 2 heteroatoms. The standard InChI is InChI=1S/C24H22N2/c1-17-9-7-14-21(15-17)26-23(24-18(2)10-8-11-19(24)3)16-22(25-26)20-12-5-4-6-13-20/h4-16H,1-3H3. The Morgan fingerprint density at radius 2 is 1.38 bits per heavy atom. The van der Waals surface area contributed by atoms with Gasteiger partial charge in [0.05, 0.1) is 17.1 Å². The van der Waals surface area contributed by atoms with Crippen molar-refractivity contribution in [2.45, 2.75) is 20.8 Å². The molecule has 1 aromatic heterocycles. The van der Waals surface area contributed by atoms with E-state index in [1.807, 2.05) is 6.07 Å². The molecule has 1 heterocycles. The first-order valence-corrected chi connectivity index (χ1v) is 8.92. The molecule has 2 nitrogen and oxygen atoms in total. The summed E-state index contributed by atoms with van der Waals surface area (Å²) >= 11 is 0. The second-order valence-electron chi connectivity index (χ2n) is 6.80. The summed E-state index contributed by atoms with van der Waals surface area (Å²) in [7, 11) is 0. The summed E-state index contributed by atoms with van der Waals surface area (Å²) in [6.07, 6.45) is 0. The van der Waals surface area contributed by atoms with E-state index >= 15 is 0 Å². The Kier molecular flexibility index (Phi) is 4.18. The number of hydrogen-bond acceptors (Lipinski definition) is 1. The smallest absolute Gasteiger partial charge is 0.0934 e. The van der Waals surface area contributed by atoms with E-state index in [4.69, 9.17) is 5.10 Å². The topological polar surface area (TPSA) is 17.8 Å². The quantitative estimate of drug-likeness (QED) is 0.439. The molecule has 0 amide bonds. The van der Waals surface area contributed by atoms with E-state index in [9.17, 15) is 0 Å². The molecule has 0 bridgehead atoms. The van der Waals surface area contributed by atoms with Crippen LogP contribution in [0, 0.1) is 20.8 Å². The summed E-state index contributed by atoms with van der Waals surface area (Å²) in [6, 6.07) is 27.5. The van der Waals surface area contributed by atoms with E-state index in [2.05, 4.69) is 98.2 Å². The predicted molar refractivity (Wildman–Crippen MR) is 109 cm³/mol. The maximum absolute atomic E-state index is 4.97. The largest absolute Gasteiger partial charge is 0.232 e. The first kappa shape index (κ1) is 16.3. The van der Waals surface area contributed by atoms with Crippen LogP contribution in [0.2, 0.25) is 0 Å². The molecule has 0 aliphatic heterocycles. The van der Waals surface area contributed by atoms with Crippen molar-refractivity contribution in [1.82, 2.24) is 9.78 Å². The minimum absolute atomic E-state index is 0.991. The fourth-order valence-corrected chi connectivity index (χ4v) is 3.48. The Morgan fingerprint density at radius 1 is 0.692 bits per heavy atom. The summed E-state index contributed by atoms with van der Waals surface area (Å²) in [5.74, 6) is 0. The Labute approximate surface area is 154 Å². The highest BCUT2D eigenvalue weighted by atomic mass is 15.3. The summed E-state index contributed by atoms with van der Waals surface area (Å²) in [5, 5.41) is 4.97. The molecule has 0 N–H and O–H groups in total. The molecule has 0 atom stereocenters. The molecular formula is C24H22N2. The molecule has 0 radical (unpaired) electrons. The molecule has 0 fully saturated rings. The van der Waals surface area contributed by atoms with Crippen LogP contribution in [0.3, 0.4) is 0 Å². The number of aryl methyl sites for hydroxylation is 3. The third-order valence-corrected chi connectivity index (χ3v) is 4.76. The SMILES string of the molecule is Cc1cccc(-n2nc(-c3ccccc3)cc2-c2c(C)cccc2C)c1. The van der Waals surface area contributed by atoms with Crippen LogP contribution in [0.25, 0.3) is 28.2 Å². The van der Waals surface area contributed by atoms with Crippen molar-refractivity contribution in [3.63, 3.8) is 0 Å². The highest BCUT2D eigenvalue weighted by molar-refractivity contribution is 5.74. The summed E-state index contributed by atoms with van der Waals surface area (Å²) < 4.78 is 2.07. The van der Waals surface area contributed by atoms with Gasteiger partial charge in [-0.25, -0.2) is 4.68 Å². The number of aromatic nitrogens is 2. The number of hydrogen-bond donors (Lipinski definition) is 0. The van der Waals surface area contributed by atoms with Crippen LogP contribution in [-0.2, 0) is 0 Å². The summed E-state index contributed by atoms with van der Waals surface area (Å²) in [6.45, 7) is 6.44. The van der Waals surface area contributed by atoms with Crippen molar-refractivity contribution >= 4 is 0 Å². The molecule has 4 aromatic rings. The van der Waals surface area contributed by atoms with Gasteiger partial charge in [-0.2, -0.15) is 5.10 Å². The lowest BCUT2D eigenvalue weighted by molar-refractivity contribution is 0.888. The third kappa shape index (κ3) is 2.95. The lowest BCUT2D eigenvalue weighted by atomic mass is 9.99. The molecule has 128 valence electrons. The van der Waals surface area contributed by atoms with Gasteiger partial charge in [-0.15, -0.1) is 0 Å². The fourth-order valence-electron chi connectivity index (χ4n) is 3.48. The minimum atomic E-state index is 0.991. The van der Waals surface area contributed by atoms with E-state index in [0.29, 0.717) is 0 Å². The molecule has 0 aliphatic carbocycles. The monoisotopic (exact) mass is 338 g/mol. The average molecular weight is 338 g/mol. The zero-order chi connectivity index (χ0) is 18.1. The van der Waals surface area contributed by atoms with Crippen LogP contribution < -0.4 is 0 Å². The predicted octanol–water partition coefficient (Wildman–Crippen LogP) is 6.13. The van der Waals surface area contributed by atoms with Gasteiger partial charge in [-0.1, -0.05) is 60.7 Å². The van der Waals surface area contributed by atoms with Crippen LogP contribution in [0.5, 0.6) is 0 Å². The van der Waals surface area contributed by atoms with Crippen molar-refractivity contribution in [2.75, 3.05) is 0 Å². The number of benzene rings is 3. The van der Waals surface area contributed by atoms with Gasteiger partial charge < -0.3 is 0 Å². The lowest BCUT2D eigenvalue weighted by Crippen LogP contribution is -2.01. The highest BCUT2D eigenvalue weighted by Gasteiger charge is 2.16. The second-order valence-corrected chi connectivity index (χ2v) is 6.80. The average Bonchev–Trinajstić information content (AvgIpc) is 3.07. The van der Waals surface area contributed by atoms with Gasteiger partial charge in [-0.05, 0) is 55.7 Å². The normalized spacial score (nSPS) is 10.9. The summed E-state index contributed by atoms with van der Waals surface area (Å²) in [5.41, 5.74) is 9.35. The second kappa shape index (κ2) is 6.64. The Bertz CT molecular complexity index is 1040. The van der Waals surface area contributed by atoms with Crippen molar-refractivity contribution in [1.29, 1.82) is 0 Å². The van der Waals surface area contributed by atoms with Crippen LogP contribution in [0.15, 0.2) is 78.9 Å². The minimum Gasteiger partial charge on any atom is -0.232 e. The molecular weight excluding hydrogens is 316 g/mol. The van der Waals surface area contributed by atoms with E-state index in [1.54, 1.807) is 0 Å². The summed E-state index contributed by atoms with van der Waals surface area (Å²) in [4.78, 5) is 0. The Hall–Kier alpha value is -3.13. The van der Waals surface area contributed by atoms with Gasteiger partial charge in [0.1, 0.15) is 0 Å².